The summed E-state index contributed by atoms with van der Waals surface area (Å²) in [6.07, 6.45) is 1.94. The van der Waals surface area contributed by atoms with Crippen molar-refractivity contribution in [3.8, 4) is 0 Å². The molecule has 3 aromatic rings. The van der Waals surface area contributed by atoms with Crippen molar-refractivity contribution in [2.24, 2.45) is 0 Å². The van der Waals surface area contributed by atoms with Gasteiger partial charge in [0.1, 0.15) is 17.5 Å². The van der Waals surface area contributed by atoms with Crippen LogP contribution in [0.5, 0.6) is 0 Å². The Hall–Kier alpha value is -3.07. The van der Waals surface area contributed by atoms with Crippen LogP contribution in [0, 0.1) is 18.6 Å². The molecule has 6 nitrogen and oxygen atoms in total. The fraction of sp³-hybridized carbons (Fsp3) is 0.346. The van der Waals surface area contributed by atoms with Crippen LogP contribution in [-0.4, -0.2) is 41.6 Å². The van der Waals surface area contributed by atoms with Crippen LogP contribution in [0.2, 0.25) is 0 Å². The molecule has 184 valence electrons. The van der Waals surface area contributed by atoms with Gasteiger partial charge in [-0.05, 0) is 68.1 Å². The number of nitrogens with zero attached hydrogens (tertiary/aromatic N) is 2. The normalized spacial score (nSPS) is 14.3. The van der Waals surface area contributed by atoms with Crippen LogP contribution in [0.3, 0.4) is 0 Å². The van der Waals surface area contributed by atoms with E-state index in [0.29, 0.717) is 16.5 Å². The number of amides is 1. The Labute approximate surface area is 210 Å². The first kappa shape index (κ1) is 25.0. The highest BCUT2D eigenvalue weighted by atomic mass is 79.9. The molecule has 2 N–H and O–H groups in total. The molecule has 1 amide bonds. The highest BCUT2D eigenvalue weighted by Gasteiger charge is 2.25. The number of rotatable bonds is 8. The Balaban J connectivity index is 1.68. The van der Waals surface area contributed by atoms with Crippen LogP contribution >= 0.6 is 15.9 Å². The molecule has 1 aliphatic heterocycles. The second-order valence-corrected chi connectivity index (χ2v) is 9.71. The monoisotopic (exact) mass is 545 g/mol. The molecule has 1 aromatic heterocycles. The van der Waals surface area contributed by atoms with Crippen LogP contribution < -0.4 is 10.2 Å². The van der Waals surface area contributed by atoms with Gasteiger partial charge in [0.15, 0.2) is 0 Å². The minimum absolute atomic E-state index is 0.0389. The Morgan fingerprint density at radius 2 is 1.91 bits per heavy atom. The van der Waals surface area contributed by atoms with Gasteiger partial charge in [-0.1, -0.05) is 15.9 Å². The summed E-state index contributed by atoms with van der Waals surface area (Å²) in [6, 6.07) is 8.65. The van der Waals surface area contributed by atoms with Crippen molar-refractivity contribution in [3.63, 3.8) is 0 Å². The number of anilines is 1. The zero-order chi connectivity index (χ0) is 25.1. The van der Waals surface area contributed by atoms with E-state index in [-0.39, 0.29) is 30.9 Å². The van der Waals surface area contributed by atoms with Gasteiger partial charge in [-0.2, -0.15) is 0 Å². The Bertz CT molecular complexity index is 1280. The largest absolute Gasteiger partial charge is 0.481 e. The summed E-state index contributed by atoms with van der Waals surface area (Å²) in [7, 11) is 0. The number of carboxylic acid groups (broad SMARTS) is 1. The third-order valence-electron chi connectivity index (χ3n) is 6.41. The summed E-state index contributed by atoms with van der Waals surface area (Å²) in [5.41, 5.74) is 1.94. The van der Waals surface area contributed by atoms with Gasteiger partial charge in [-0.15, -0.1) is 0 Å². The van der Waals surface area contributed by atoms with E-state index in [1.807, 2.05) is 25.1 Å². The third-order valence-corrected chi connectivity index (χ3v) is 6.90. The number of pyridine rings is 1. The predicted molar refractivity (Wildman–Crippen MR) is 134 cm³/mol. The number of hydrogen-bond acceptors (Lipinski definition) is 4. The standard InChI is InChI=1S/C26H26BrF2N3O3/c1-15-24(20-12-17(27)5-8-22(20)31-25(15)32-10-2-3-11-32)26(35)30-14-16(4-9-23(33)34)19-13-18(28)6-7-21(19)29/h5-8,12-13,16H,2-4,9-11,14H2,1H3,(H,30,35)(H,33,34)/t16-/m1/s1. The number of fused-ring (bicyclic) bond motifs is 1. The van der Waals surface area contributed by atoms with E-state index in [0.717, 1.165) is 60.0 Å². The first-order chi connectivity index (χ1) is 16.7. The van der Waals surface area contributed by atoms with Crippen molar-refractivity contribution in [1.82, 2.24) is 10.3 Å². The molecule has 9 heteroatoms. The summed E-state index contributed by atoms with van der Waals surface area (Å²) in [5.74, 6) is -2.62. The van der Waals surface area contributed by atoms with E-state index in [1.54, 1.807) is 0 Å². The topological polar surface area (TPSA) is 82.5 Å². The molecule has 2 heterocycles. The number of aromatic nitrogens is 1. The van der Waals surface area contributed by atoms with Crippen LogP contribution in [0.1, 0.15) is 53.1 Å². The average Bonchev–Trinajstić information content (AvgIpc) is 3.35. The highest BCUT2D eigenvalue weighted by Crippen LogP contribution is 2.32. The minimum atomic E-state index is -1.05. The van der Waals surface area contributed by atoms with Crippen LogP contribution in [0.4, 0.5) is 14.6 Å². The van der Waals surface area contributed by atoms with Crippen molar-refractivity contribution >= 4 is 44.5 Å². The maximum Gasteiger partial charge on any atom is 0.303 e. The zero-order valence-corrected chi connectivity index (χ0v) is 20.9. The Morgan fingerprint density at radius 3 is 2.63 bits per heavy atom. The molecule has 4 rings (SSSR count). The van der Waals surface area contributed by atoms with Crippen molar-refractivity contribution in [3.05, 3.63) is 69.2 Å². The Morgan fingerprint density at radius 1 is 1.17 bits per heavy atom. The van der Waals surface area contributed by atoms with Crippen LogP contribution in [-0.2, 0) is 4.79 Å². The number of nitrogens with one attached hydrogen (secondary N) is 1. The molecule has 35 heavy (non-hydrogen) atoms. The minimum Gasteiger partial charge on any atom is -0.481 e. The maximum atomic E-state index is 14.5. The van der Waals surface area contributed by atoms with E-state index in [2.05, 4.69) is 26.1 Å². The summed E-state index contributed by atoms with van der Waals surface area (Å²) >= 11 is 3.46. The van der Waals surface area contributed by atoms with E-state index in [1.165, 1.54) is 0 Å². The quantitative estimate of drug-likeness (QED) is 0.387. The van der Waals surface area contributed by atoms with Gasteiger partial charge in [0.25, 0.3) is 5.91 Å². The Kier molecular flexibility index (Phi) is 7.64. The fourth-order valence-electron chi connectivity index (χ4n) is 4.64. The third kappa shape index (κ3) is 5.61. The molecule has 0 bridgehead atoms. The number of carboxylic acids is 1. The molecule has 0 spiro atoms. The van der Waals surface area contributed by atoms with Crippen molar-refractivity contribution < 1.29 is 23.5 Å². The SMILES string of the molecule is Cc1c(N2CCCC2)nc2ccc(Br)cc2c1C(=O)NC[C@@H](CCC(=O)O)c1cc(F)ccc1F. The molecule has 1 fully saturated rings. The molecule has 1 atom stereocenters. The van der Waals surface area contributed by atoms with Crippen LogP contribution in [0.25, 0.3) is 10.9 Å². The number of carbonyl (C=O) groups is 2. The molecule has 1 aliphatic rings. The van der Waals surface area contributed by atoms with Gasteiger partial charge in [-0.3, -0.25) is 9.59 Å². The maximum absolute atomic E-state index is 14.5. The molecule has 0 saturated carbocycles. The molecule has 2 aromatic carbocycles. The molecule has 1 saturated heterocycles. The van der Waals surface area contributed by atoms with E-state index < -0.39 is 23.5 Å². The predicted octanol–water partition coefficient (Wildman–Crippen LogP) is 5.56. The highest BCUT2D eigenvalue weighted by molar-refractivity contribution is 9.10. The first-order valence-corrected chi connectivity index (χ1v) is 12.3. The second kappa shape index (κ2) is 10.7. The zero-order valence-electron chi connectivity index (χ0n) is 19.3. The summed E-state index contributed by atoms with van der Waals surface area (Å²) < 4.78 is 29.1. The number of hydrogen-bond donors (Lipinski definition) is 2. The summed E-state index contributed by atoms with van der Waals surface area (Å²) in [4.78, 5) is 31.7. The van der Waals surface area contributed by atoms with Gasteiger partial charge in [0.2, 0.25) is 0 Å². The lowest BCUT2D eigenvalue weighted by atomic mass is 9.93. The first-order valence-electron chi connectivity index (χ1n) is 11.5. The van der Waals surface area contributed by atoms with Crippen molar-refractivity contribution in [1.29, 1.82) is 0 Å². The van der Waals surface area contributed by atoms with Gasteiger partial charge < -0.3 is 15.3 Å². The van der Waals surface area contributed by atoms with Gasteiger partial charge in [-0.25, -0.2) is 13.8 Å². The molecule has 0 radical (unpaired) electrons. The number of aliphatic carboxylic acids is 1. The van der Waals surface area contributed by atoms with E-state index in [4.69, 9.17) is 10.1 Å². The number of carbonyl (C=O) groups excluding carboxylic acids is 1. The van der Waals surface area contributed by atoms with Gasteiger partial charge in [0, 0.05) is 47.4 Å². The molecular formula is C26H26BrF2N3O3. The molecular weight excluding hydrogens is 520 g/mol. The fourth-order valence-corrected chi connectivity index (χ4v) is 5.01. The van der Waals surface area contributed by atoms with Crippen molar-refractivity contribution in [2.45, 2.75) is 38.5 Å². The average molecular weight is 546 g/mol. The molecule has 0 unspecified atom stereocenters. The smallest absolute Gasteiger partial charge is 0.303 e. The van der Waals surface area contributed by atoms with Gasteiger partial charge >= 0.3 is 5.97 Å². The lowest BCUT2D eigenvalue weighted by Gasteiger charge is -2.23. The van der Waals surface area contributed by atoms with Crippen LogP contribution in [0.15, 0.2) is 40.9 Å². The number of halogens is 3. The summed E-state index contributed by atoms with van der Waals surface area (Å²) in [5, 5.41) is 12.7. The van der Waals surface area contributed by atoms with E-state index in [9.17, 15) is 18.4 Å². The molecule has 0 aliphatic carbocycles. The number of benzene rings is 2. The second-order valence-electron chi connectivity index (χ2n) is 8.80. The lowest BCUT2D eigenvalue weighted by molar-refractivity contribution is -0.137. The van der Waals surface area contributed by atoms with Crippen molar-refractivity contribution in [2.75, 3.05) is 24.5 Å². The summed E-state index contributed by atoms with van der Waals surface area (Å²) in [6.45, 7) is 3.56. The lowest BCUT2D eigenvalue weighted by Crippen LogP contribution is -2.31. The van der Waals surface area contributed by atoms with E-state index >= 15 is 0 Å². The van der Waals surface area contributed by atoms with Gasteiger partial charge in [0.05, 0.1) is 11.1 Å².